The van der Waals surface area contributed by atoms with Crippen LogP contribution in [0.5, 0.6) is 0 Å². The summed E-state index contributed by atoms with van der Waals surface area (Å²) in [7, 11) is -3.63. The Balaban J connectivity index is 1.61. The average Bonchev–Trinajstić information content (AvgIpc) is 2.84. The van der Waals surface area contributed by atoms with Crippen LogP contribution in [0.25, 0.3) is 0 Å². The summed E-state index contributed by atoms with van der Waals surface area (Å²) in [5, 5.41) is 4.35. The van der Waals surface area contributed by atoms with Crippen LogP contribution in [0, 0.1) is 6.92 Å². The zero-order valence-corrected chi connectivity index (χ0v) is 14.0. The number of hydrogen-bond acceptors (Lipinski definition) is 6. The lowest BCUT2D eigenvalue weighted by Crippen LogP contribution is -2.51. The van der Waals surface area contributed by atoms with Gasteiger partial charge in [0.25, 0.3) is 5.91 Å². The molecule has 1 atom stereocenters. The fourth-order valence-corrected chi connectivity index (χ4v) is 4.38. The molecule has 0 radical (unpaired) electrons. The molecule has 3 rings (SSSR count). The molecule has 3 heterocycles. The van der Waals surface area contributed by atoms with E-state index in [-0.39, 0.29) is 0 Å². The Bertz CT molecular complexity index is 758. The van der Waals surface area contributed by atoms with Crippen LogP contribution in [0.15, 0.2) is 18.2 Å². The van der Waals surface area contributed by atoms with Crippen molar-refractivity contribution in [2.45, 2.75) is 13.0 Å². The van der Waals surface area contributed by atoms with E-state index in [9.17, 15) is 18.0 Å². The highest BCUT2D eigenvalue weighted by molar-refractivity contribution is 7.89. The number of sulfonamides is 1. The summed E-state index contributed by atoms with van der Waals surface area (Å²) in [4.78, 5) is 29.1. The van der Waals surface area contributed by atoms with Crippen LogP contribution in [0.1, 0.15) is 5.69 Å². The molecule has 2 N–H and O–H groups in total. The first kappa shape index (κ1) is 16.7. The maximum atomic E-state index is 12.5. The van der Waals surface area contributed by atoms with E-state index in [1.165, 1.54) is 4.31 Å². The number of carbonyl (C=O) groups excluding carboxylic acids is 2. The number of piperazine rings is 1. The zero-order valence-electron chi connectivity index (χ0n) is 13.2. The van der Waals surface area contributed by atoms with Crippen molar-refractivity contribution >= 4 is 27.8 Å². The second-order valence-corrected chi connectivity index (χ2v) is 7.83. The third kappa shape index (κ3) is 3.49. The number of carbonyl (C=O) groups is 2. The normalized spacial score (nSPS) is 22.4. The van der Waals surface area contributed by atoms with Gasteiger partial charge in [-0.1, -0.05) is 6.07 Å². The number of urea groups is 1. The summed E-state index contributed by atoms with van der Waals surface area (Å²) in [6.07, 6.45) is 0. The molecule has 9 nitrogen and oxygen atoms in total. The molecular formula is C14H19N5O4S. The molecule has 2 aliphatic heterocycles. The lowest BCUT2D eigenvalue weighted by Gasteiger charge is -2.35. The fraction of sp³-hybridized carbons (Fsp3) is 0.500. The van der Waals surface area contributed by atoms with Gasteiger partial charge in [0.1, 0.15) is 11.9 Å². The van der Waals surface area contributed by atoms with Gasteiger partial charge in [-0.15, -0.1) is 0 Å². The average molecular weight is 353 g/mol. The summed E-state index contributed by atoms with van der Waals surface area (Å²) in [5.74, 6) is -0.201. The van der Waals surface area contributed by atoms with E-state index in [1.54, 1.807) is 0 Å². The van der Waals surface area contributed by atoms with E-state index in [4.69, 9.17) is 0 Å². The first-order valence-electron chi connectivity index (χ1n) is 7.63. The van der Waals surface area contributed by atoms with Gasteiger partial charge in [0.15, 0.2) is 0 Å². The number of imide groups is 1. The molecule has 130 valence electrons. The van der Waals surface area contributed by atoms with Crippen molar-refractivity contribution in [1.82, 2.24) is 19.9 Å². The van der Waals surface area contributed by atoms with Crippen molar-refractivity contribution in [2.75, 3.05) is 36.8 Å². The van der Waals surface area contributed by atoms with Gasteiger partial charge < -0.3 is 10.2 Å². The molecule has 0 spiro atoms. The van der Waals surface area contributed by atoms with Crippen molar-refractivity contribution in [3.8, 4) is 0 Å². The van der Waals surface area contributed by atoms with Gasteiger partial charge in [-0.3, -0.25) is 10.1 Å². The number of aromatic nitrogens is 1. The molecule has 10 heteroatoms. The van der Waals surface area contributed by atoms with Crippen molar-refractivity contribution in [2.24, 2.45) is 0 Å². The summed E-state index contributed by atoms with van der Waals surface area (Å²) in [5.41, 5.74) is 0.908. The molecule has 0 saturated carbocycles. The Labute approximate surface area is 140 Å². The van der Waals surface area contributed by atoms with Gasteiger partial charge in [-0.05, 0) is 19.1 Å². The quantitative estimate of drug-likeness (QED) is 0.675. The minimum absolute atomic E-state index is 0.320. The molecule has 0 unspecified atom stereocenters. The molecule has 1 aromatic heterocycles. The van der Waals surface area contributed by atoms with Crippen molar-refractivity contribution < 1.29 is 18.0 Å². The van der Waals surface area contributed by atoms with Gasteiger partial charge in [0.05, 0.1) is 5.75 Å². The molecule has 24 heavy (non-hydrogen) atoms. The highest BCUT2D eigenvalue weighted by atomic mass is 32.2. The molecule has 2 saturated heterocycles. The largest absolute Gasteiger partial charge is 0.354 e. The summed E-state index contributed by atoms with van der Waals surface area (Å²) >= 11 is 0. The smallest absolute Gasteiger partial charge is 0.322 e. The number of nitrogens with zero attached hydrogens (tertiary/aromatic N) is 3. The fourth-order valence-electron chi connectivity index (χ4n) is 2.79. The van der Waals surface area contributed by atoms with Crippen LogP contribution in [0.4, 0.5) is 10.6 Å². The number of aryl methyl sites for hydroxylation is 1. The summed E-state index contributed by atoms with van der Waals surface area (Å²) < 4.78 is 26.3. The van der Waals surface area contributed by atoms with Crippen LogP contribution in [0.3, 0.4) is 0 Å². The Morgan fingerprint density at radius 1 is 1.21 bits per heavy atom. The van der Waals surface area contributed by atoms with Crippen molar-refractivity contribution in [3.05, 3.63) is 23.9 Å². The van der Waals surface area contributed by atoms with E-state index in [0.29, 0.717) is 26.2 Å². The SMILES string of the molecule is Cc1cccc(N2CCN(S(=O)(=O)C[C@@H]3NC(=O)NC3=O)CC2)n1. The van der Waals surface area contributed by atoms with E-state index in [2.05, 4.69) is 10.3 Å². The topological polar surface area (TPSA) is 112 Å². The van der Waals surface area contributed by atoms with Gasteiger partial charge in [-0.2, -0.15) is 4.31 Å². The molecule has 1 aromatic rings. The Morgan fingerprint density at radius 2 is 1.92 bits per heavy atom. The molecule has 2 aliphatic rings. The third-order valence-electron chi connectivity index (χ3n) is 4.07. The lowest BCUT2D eigenvalue weighted by atomic mass is 10.3. The Kier molecular flexibility index (Phi) is 4.41. The molecule has 0 bridgehead atoms. The number of rotatable bonds is 4. The second kappa shape index (κ2) is 6.36. The summed E-state index contributed by atoms with van der Waals surface area (Å²) in [6, 6.07) is 4.04. The monoisotopic (exact) mass is 353 g/mol. The van der Waals surface area contributed by atoms with Crippen LogP contribution in [-0.4, -0.2) is 67.6 Å². The Morgan fingerprint density at radius 3 is 2.50 bits per heavy atom. The lowest BCUT2D eigenvalue weighted by molar-refractivity contribution is -0.119. The number of hydrogen-bond donors (Lipinski definition) is 2. The third-order valence-corrected chi connectivity index (χ3v) is 5.97. The molecule has 0 aromatic carbocycles. The van der Waals surface area contributed by atoms with Crippen molar-refractivity contribution in [1.29, 1.82) is 0 Å². The number of anilines is 1. The van der Waals surface area contributed by atoms with E-state index >= 15 is 0 Å². The molecule has 2 fully saturated rings. The van der Waals surface area contributed by atoms with Gasteiger partial charge in [0.2, 0.25) is 10.0 Å². The van der Waals surface area contributed by atoms with Crippen LogP contribution in [-0.2, 0) is 14.8 Å². The van der Waals surface area contributed by atoms with E-state index in [1.807, 2.05) is 35.3 Å². The first-order valence-corrected chi connectivity index (χ1v) is 9.24. The summed E-state index contributed by atoms with van der Waals surface area (Å²) in [6.45, 7) is 3.60. The maximum Gasteiger partial charge on any atom is 0.322 e. The van der Waals surface area contributed by atoms with Gasteiger partial charge >= 0.3 is 6.03 Å². The van der Waals surface area contributed by atoms with E-state index in [0.717, 1.165) is 11.5 Å². The highest BCUT2D eigenvalue weighted by Gasteiger charge is 2.37. The van der Waals surface area contributed by atoms with Gasteiger partial charge in [-0.25, -0.2) is 18.2 Å². The molecule has 3 amide bonds. The van der Waals surface area contributed by atoms with Crippen LogP contribution in [0.2, 0.25) is 0 Å². The molecular weight excluding hydrogens is 334 g/mol. The number of pyridine rings is 1. The number of amides is 3. The van der Waals surface area contributed by atoms with Crippen molar-refractivity contribution in [3.63, 3.8) is 0 Å². The van der Waals surface area contributed by atoms with Crippen LogP contribution >= 0.6 is 0 Å². The standard InChI is InChI=1S/C14H19N5O4S/c1-10-3-2-4-12(15-10)18-5-7-19(8-6-18)24(22,23)9-11-13(20)17-14(21)16-11/h2-4,11H,5-9H2,1H3,(H2,16,17,20,21)/t11-/m0/s1. The highest BCUT2D eigenvalue weighted by Crippen LogP contribution is 2.16. The predicted octanol–water partition coefficient (Wildman–Crippen LogP) is -0.950. The number of nitrogens with one attached hydrogen (secondary N) is 2. The first-order chi connectivity index (χ1) is 11.3. The molecule has 0 aliphatic carbocycles. The minimum Gasteiger partial charge on any atom is -0.354 e. The van der Waals surface area contributed by atoms with E-state index < -0.39 is 33.8 Å². The predicted molar refractivity (Wildman–Crippen MR) is 87.0 cm³/mol. The zero-order chi connectivity index (χ0) is 17.3. The Hall–Kier alpha value is -2.20. The minimum atomic E-state index is -3.63. The maximum absolute atomic E-state index is 12.5. The van der Waals surface area contributed by atoms with Crippen LogP contribution < -0.4 is 15.5 Å². The van der Waals surface area contributed by atoms with Gasteiger partial charge in [0, 0.05) is 31.9 Å². The second-order valence-electron chi connectivity index (χ2n) is 5.82.